The fourth-order valence-corrected chi connectivity index (χ4v) is 2.77. The van der Waals surface area contributed by atoms with Gasteiger partial charge in [-0.3, -0.25) is 4.79 Å². The van der Waals surface area contributed by atoms with Gasteiger partial charge in [0.05, 0.1) is 0 Å². The Bertz CT molecular complexity index is 579. The van der Waals surface area contributed by atoms with Crippen LogP contribution in [-0.4, -0.2) is 5.78 Å². The molecule has 4 heteroatoms. The third-order valence-electron chi connectivity index (χ3n) is 2.36. The number of halogens is 2. The van der Waals surface area contributed by atoms with Crippen molar-refractivity contribution in [3.8, 4) is 0 Å². The van der Waals surface area contributed by atoms with Crippen LogP contribution in [-0.2, 0) is 0 Å². The highest BCUT2D eigenvalue weighted by Gasteiger charge is 2.09. The molecule has 0 fully saturated rings. The molecule has 0 N–H and O–H groups in total. The molecular weight excluding hydrogens is 287 g/mol. The minimum absolute atomic E-state index is 0.00830. The van der Waals surface area contributed by atoms with Gasteiger partial charge in [-0.05, 0) is 49.4 Å². The largest absolute Gasteiger partial charge is 0.294 e. The SMILES string of the molecule is CC(=O)c1cc(Cl)ccc1Sc1ccc(Cl)cc1. The molecule has 0 saturated heterocycles. The molecule has 1 nitrogen and oxygen atoms in total. The van der Waals surface area contributed by atoms with Gasteiger partial charge in [0.1, 0.15) is 0 Å². The van der Waals surface area contributed by atoms with Gasteiger partial charge < -0.3 is 0 Å². The van der Waals surface area contributed by atoms with Gasteiger partial charge in [0.2, 0.25) is 0 Å². The Kier molecular flexibility index (Phi) is 4.33. The van der Waals surface area contributed by atoms with Crippen molar-refractivity contribution in [1.29, 1.82) is 0 Å². The summed E-state index contributed by atoms with van der Waals surface area (Å²) in [5.74, 6) is 0.00830. The summed E-state index contributed by atoms with van der Waals surface area (Å²) in [6.07, 6.45) is 0. The predicted molar refractivity (Wildman–Crippen MR) is 77.0 cm³/mol. The van der Waals surface area contributed by atoms with Crippen LogP contribution in [0.2, 0.25) is 10.0 Å². The van der Waals surface area contributed by atoms with Crippen molar-refractivity contribution in [2.75, 3.05) is 0 Å². The average molecular weight is 297 g/mol. The highest BCUT2D eigenvalue weighted by atomic mass is 35.5. The van der Waals surface area contributed by atoms with E-state index in [2.05, 4.69) is 0 Å². The van der Waals surface area contributed by atoms with Crippen LogP contribution in [0, 0.1) is 0 Å². The molecule has 2 rings (SSSR count). The van der Waals surface area contributed by atoms with Crippen molar-refractivity contribution < 1.29 is 4.79 Å². The summed E-state index contributed by atoms with van der Waals surface area (Å²) in [6.45, 7) is 1.54. The van der Waals surface area contributed by atoms with Crippen LogP contribution in [0.5, 0.6) is 0 Å². The van der Waals surface area contributed by atoms with E-state index >= 15 is 0 Å². The maximum Gasteiger partial charge on any atom is 0.160 e. The summed E-state index contributed by atoms with van der Waals surface area (Å²) < 4.78 is 0. The molecule has 0 atom stereocenters. The van der Waals surface area contributed by atoms with E-state index in [1.54, 1.807) is 12.1 Å². The lowest BCUT2D eigenvalue weighted by molar-refractivity contribution is 0.101. The molecule has 0 aromatic heterocycles. The van der Waals surface area contributed by atoms with Gasteiger partial charge in [0.25, 0.3) is 0 Å². The number of hydrogen-bond acceptors (Lipinski definition) is 2. The number of carbonyl (C=O) groups excluding carboxylic acids is 1. The molecule has 0 spiro atoms. The van der Waals surface area contributed by atoms with Crippen molar-refractivity contribution in [3.63, 3.8) is 0 Å². The predicted octanol–water partition coefficient (Wildman–Crippen LogP) is 5.35. The molecule has 18 heavy (non-hydrogen) atoms. The van der Waals surface area contributed by atoms with E-state index in [4.69, 9.17) is 23.2 Å². The topological polar surface area (TPSA) is 17.1 Å². The second kappa shape index (κ2) is 5.79. The zero-order chi connectivity index (χ0) is 13.1. The molecule has 2 aromatic carbocycles. The zero-order valence-electron chi connectivity index (χ0n) is 9.61. The second-order valence-electron chi connectivity index (χ2n) is 3.75. The Morgan fingerprint density at radius 3 is 2.22 bits per heavy atom. The fraction of sp³-hybridized carbons (Fsp3) is 0.0714. The second-order valence-corrected chi connectivity index (χ2v) is 5.74. The van der Waals surface area contributed by atoms with Crippen LogP contribution in [0.3, 0.4) is 0 Å². The molecule has 0 unspecified atom stereocenters. The molecule has 0 amide bonds. The van der Waals surface area contributed by atoms with Crippen LogP contribution < -0.4 is 0 Å². The smallest absolute Gasteiger partial charge is 0.160 e. The van der Waals surface area contributed by atoms with E-state index in [1.807, 2.05) is 30.3 Å². The molecule has 2 aromatic rings. The Morgan fingerprint density at radius 2 is 1.61 bits per heavy atom. The Labute approximate surface area is 120 Å². The van der Waals surface area contributed by atoms with Gasteiger partial charge >= 0.3 is 0 Å². The highest BCUT2D eigenvalue weighted by molar-refractivity contribution is 7.99. The normalized spacial score (nSPS) is 10.4. The Hall–Kier alpha value is -0.960. The highest BCUT2D eigenvalue weighted by Crippen LogP contribution is 2.32. The zero-order valence-corrected chi connectivity index (χ0v) is 11.9. The first kappa shape index (κ1) is 13.5. The van der Waals surface area contributed by atoms with Crippen molar-refractivity contribution in [2.45, 2.75) is 16.7 Å². The summed E-state index contributed by atoms with van der Waals surface area (Å²) in [4.78, 5) is 13.5. The van der Waals surface area contributed by atoms with E-state index < -0.39 is 0 Å². The fourth-order valence-electron chi connectivity index (χ4n) is 1.50. The summed E-state index contributed by atoms with van der Waals surface area (Å²) in [5.41, 5.74) is 0.641. The lowest BCUT2D eigenvalue weighted by atomic mass is 10.1. The molecular formula is C14H10Cl2OS. The van der Waals surface area contributed by atoms with Crippen LogP contribution in [0.1, 0.15) is 17.3 Å². The Morgan fingerprint density at radius 1 is 1.00 bits per heavy atom. The number of carbonyl (C=O) groups is 1. The summed E-state index contributed by atoms with van der Waals surface area (Å²) in [6, 6.07) is 12.8. The molecule has 0 aliphatic rings. The molecule has 0 saturated carbocycles. The van der Waals surface area contributed by atoms with E-state index in [9.17, 15) is 4.79 Å². The van der Waals surface area contributed by atoms with Gasteiger partial charge in [-0.25, -0.2) is 0 Å². The molecule has 0 aliphatic heterocycles. The van der Waals surface area contributed by atoms with E-state index in [0.717, 1.165) is 9.79 Å². The number of Topliss-reactive ketones (excluding diaryl/α,β-unsaturated/α-hetero) is 1. The minimum Gasteiger partial charge on any atom is -0.294 e. The first-order valence-electron chi connectivity index (χ1n) is 5.30. The van der Waals surface area contributed by atoms with Crippen molar-refractivity contribution in [1.82, 2.24) is 0 Å². The van der Waals surface area contributed by atoms with Gasteiger partial charge in [-0.15, -0.1) is 0 Å². The van der Waals surface area contributed by atoms with Gasteiger partial charge in [0, 0.05) is 25.4 Å². The average Bonchev–Trinajstić information content (AvgIpc) is 2.34. The standard InChI is InChI=1S/C14H10Cl2OS/c1-9(17)13-8-11(16)4-7-14(13)18-12-5-2-10(15)3-6-12/h2-8H,1H3. The maximum absolute atomic E-state index is 11.6. The number of hydrogen-bond donors (Lipinski definition) is 0. The van der Waals surface area contributed by atoms with Crippen LogP contribution in [0.4, 0.5) is 0 Å². The number of rotatable bonds is 3. The van der Waals surface area contributed by atoms with E-state index in [-0.39, 0.29) is 5.78 Å². The first-order valence-corrected chi connectivity index (χ1v) is 6.87. The minimum atomic E-state index is 0.00830. The van der Waals surface area contributed by atoms with Crippen LogP contribution in [0.15, 0.2) is 52.3 Å². The van der Waals surface area contributed by atoms with Gasteiger partial charge in [-0.1, -0.05) is 35.0 Å². The quantitative estimate of drug-likeness (QED) is 0.711. The summed E-state index contributed by atoms with van der Waals surface area (Å²) in [7, 11) is 0. The van der Waals surface area contributed by atoms with Crippen LogP contribution in [0.25, 0.3) is 0 Å². The third kappa shape index (κ3) is 3.29. The molecule has 0 aliphatic carbocycles. The monoisotopic (exact) mass is 296 g/mol. The first-order chi connectivity index (χ1) is 8.56. The molecule has 0 radical (unpaired) electrons. The lowest BCUT2D eigenvalue weighted by Crippen LogP contribution is -1.94. The summed E-state index contributed by atoms with van der Waals surface area (Å²) >= 11 is 13.3. The van der Waals surface area contributed by atoms with Crippen LogP contribution >= 0.6 is 35.0 Å². The molecule has 0 heterocycles. The Balaban J connectivity index is 2.34. The van der Waals surface area contributed by atoms with Crippen molar-refractivity contribution in [2.24, 2.45) is 0 Å². The lowest BCUT2D eigenvalue weighted by Gasteiger charge is -2.07. The number of ketones is 1. The molecule has 92 valence electrons. The van der Waals surface area contributed by atoms with Gasteiger partial charge in [0.15, 0.2) is 5.78 Å². The number of benzene rings is 2. The molecule has 0 bridgehead atoms. The third-order valence-corrected chi connectivity index (χ3v) is 3.93. The maximum atomic E-state index is 11.6. The van der Waals surface area contributed by atoms with Crippen molar-refractivity contribution in [3.05, 3.63) is 58.1 Å². The van der Waals surface area contributed by atoms with E-state index in [1.165, 1.54) is 18.7 Å². The summed E-state index contributed by atoms with van der Waals surface area (Å²) in [5, 5.41) is 1.27. The van der Waals surface area contributed by atoms with Gasteiger partial charge in [-0.2, -0.15) is 0 Å². The van der Waals surface area contributed by atoms with Crippen molar-refractivity contribution >= 4 is 40.7 Å². The van der Waals surface area contributed by atoms with E-state index in [0.29, 0.717) is 15.6 Å².